The number of rotatable bonds is 4. The molecule has 1 saturated carbocycles. The first-order chi connectivity index (χ1) is 7.81. The van der Waals surface area contributed by atoms with Crippen molar-refractivity contribution in [2.24, 2.45) is 5.41 Å². The summed E-state index contributed by atoms with van der Waals surface area (Å²) in [6.07, 6.45) is 9.47. The summed E-state index contributed by atoms with van der Waals surface area (Å²) in [5.41, 5.74) is 1.74. The summed E-state index contributed by atoms with van der Waals surface area (Å²) in [4.78, 5) is 5.79. The Balaban J connectivity index is 1.80. The minimum atomic E-state index is 0.485. The largest absolute Gasteiger partial charge is 0.319 e. The Kier molecular flexibility index (Phi) is 2.48. The lowest BCUT2D eigenvalue weighted by Crippen LogP contribution is -2.40. The third-order valence-electron chi connectivity index (χ3n) is 3.67. The van der Waals surface area contributed by atoms with Crippen molar-refractivity contribution in [1.82, 2.24) is 14.7 Å². The van der Waals surface area contributed by atoms with Crippen LogP contribution < -0.4 is 5.32 Å². The highest BCUT2D eigenvalue weighted by Gasteiger charge is 2.36. The second kappa shape index (κ2) is 3.86. The molecule has 1 aliphatic carbocycles. The molecule has 3 rings (SSSR count). The van der Waals surface area contributed by atoms with Crippen molar-refractivity contribution in [1.29, 1.82) is 0 Å². The number of hydrogen-bond acceptors (Lipinski definition) is 3. The van der Waals surface area contributed by atoms with Crippen LogP contribution in [-0.2, 0) is 6.42 Å². The van der Waals surface area contributed by atoms with Crippen LogP contribution >= 0.6 is 11.3 Å². The highest BCUT2D eigenvalue weighted by molar-refractivity contribution is 7.15. The van der Waals surface area contributed by atoms with Gasteiger partial charge in [0.1, 0.15) is 0 Å². The molecule has 0 spiro atoms. The van der Waals surface area contributed by atoms with Gasteiger partial charge in [0, 0.05) is 24.3 Å². The summed E-state index contributed by atoms with van der Waals surface area (Å²) in [7, 11) is 2.05. The van der Waals surface area contributed by atoms with E-state index < -0.39 is 0 Å². The van der Waals surface area contributed by atoms with Gasteiger partial charge in [-0.25, -0.2) is 4.98 Å². The molecule has 2 aromatic heterocycles. The lowest BCUT2D eigenvalue weighted by molar-refractivity contribution is 0.132. The molecule has 0 saturated heterocycles. The van der Waals surface area contributed by atoms with E-state index in [-0.39, 0.29) is 0 Å². The van der Waals surface area contributed by atoms with Crippen molar-refractivity contribution in [3.05, 3.63) is 23.5 Å². The third-order valence-corrected chi connectivity index (χ3v) is 4.44. The quantitative estimate of drug-likeness (QED) is 0.881. The molecule has 16 heavy (non-hydrogen) atoms. The van der Waals surface area contributed by atoms with Gasteiger partial charge in [0.15, 0.2) is 4.96 Å². The zero-order chi connectivity index (χ0) is 11.0. The summed E-state index contributed by atoms with van der Waals surface area (Å²) < 4.78 is 2.13. The maximum absolute atomic E-state index is 4.68. The number of aromatic nitrogens is 2. The third kappa shape index (κ3) is 1.66. The Labute approximate surface area is 99.5 Å². The van der Waals surface area contributed by atoms with Crippen LogP contribution in [0, 0.1) is 5.41 Å². The average Bonchev–Trinajstić information content (AvgIpc) is 2.74. The van der Waals surface area contributed by atoms with Crippen molar-refractivity contribution < 1.29 is 0 Å². The minimum absolute atomic E-state index is 0.485. The van der Waals surface area contributed by atoms with E-state index >= 15 is 0 Å². The molecular formula is C12H17N3S. The van der Waals surface area contributed by atoms with Gasteiger partial charge < -0.3 is 5.32 Å². The lowest BCUT2D eigenvalue weighted by atomic mass is 9.66. The van der Waals surface area contributed by atoms with Crippen LogP contribution in [0.1, 0.15) is 25.0 Å². The van der Waals surface area contributed by atoms with Crippen LogP contribution in [0.3, 0.4) is 0 Å². The standard InChI is InChI=1S/C12H17N3S/c1-13-9-12(3-2-4-12)7-10-8-15-5-6-16-11(15)14-10/h5-6,8,13H,2-4,7,9H2,1H3. The zero-order valence-corrected chi connectivity index (χ0v) is 10.4. The Morgan fingerprint density at radius 3 is 3.06 bits per heavy atom. The van der Waals surface area contributed by atoms with E-state index in [4.69, 9.17) is 0 Å². The molecule has 0 radical (unpaired) electrons. The minimum Gasteiger partial charge on any atom is -0.319 e. The Hall–Kier alpha value is -0.870. The van der Waals surface area contributed by atoms with Gasteiger partial charge in [0.2, 0.25) is 0 Å². The predicted octanol–water partition coefficient (Wildman–Crippen LogP) is 2.33. The van der Waals surface area contributed by atoms with Crippen LogP contribution in [0.25, 0.3) is 4.96 Å². The van der Waals surface area contributed by atoms with Crippen molar-refractivity contribution in [2.75, 3.05) is 13.6 Å². The molecule has 2 heterocycles. The number of nitrogens with one attached hydrogen (secondary N) is 1. The van der Waals surface area contributed by atoms with E-state index in [1.807, 2.05) is 7.05 Å². The van der Waals surface area contributed by atoms with Gasteiger partial charge in [-0.2, -0.15) is 0 Å². The van der Waals surface area contributed by atoms with Crippen LogP contribution in [0.4, 0.5) is 0 Å². The molecule has 4 heteroatoms. The fraction of sp³-hybridized carbons (Fsp3) is 0.583. The summed E-state index contributed by atoms with van der Waals surface area (Å²) >= 11 is 1.71. The van der Waals surface area contributed by atoms with Crippen molar-refractivity contribution in [2.45, 2.75) is 25.7 Å². The molecule has 0 bridgehead atoms. The van der Waals surface area contributed by atoms with E-state index in [1.54, 1.807) is 11.3 Å². The fourth-order valence-electron chi connectivity index (χ4n) is 2.71. The smallest absolute Gasteiger partial charge is 0.193 e. The average molecular weight is 235 g/mol. The van der Waals surface area contributed by atoms with Crippen LogP contribution in [0.15, 0.2) is 17.8 Å². The SMILES string of the molecule is CNCC1(Cc2cn3ccsc3n2)CCC1. The maximum Gasteiger partial charge on any atom is 0.193 e. The molecule has 0 unspecified atom stereocenters. The first-order valence-electron chi connectivity index (χ1n) is 5.87. The number of nitrogens with zero attached hydrogens (tertiary/aromatic N) is 2. The molecule has 1 aliphatic rings. The molecule has 0 atom stereocenters. The van der Waals surface area contributed by atoms with Crippen LogP contribution in [-0.4, -0.2) is 23.0 Å². The monoisotopic (exact) mass is 235 g/mol. The second-order valence-electron chi connectivity index (χ2n) is 4.89. The van der Waals surface area contributed by atoms with E-state index in [0.717, 1.165) is 17.9 Å². The number of hydrogen-bond donors (Lipinski definition) is 1. The van der Waals surface area contributed by atoms with Gasteiger partial charge in [-0.1, -0.05) is 6.42 Å². The van der Waals surface area contributed by atoms with Crippen molar-refractivity contribution >= 4 is 16.3 Å². The highest BCUT2D eigenvalue weighted by atomic mass is 32.1. The molecule has 0 aliphatic heterocycles. The van der Waals surface area contributed by atoms with E-state index in [9.17, 15) is 0 Å². The Bertz CT molecular complexity index is 453. The van der Waals surface area contributed by atoms with Gasteiger partial charge >= 0.3 is 0 Å². The summed E-state index contributed by atoms with van der Waals surface area (Å²) in [6.45, 7) is 1.12. The molecule has 86 valence electrons. The maximum atomic E-state index is 4.68. The van der Waals surface area contributed by atoms with Gasteiger partial charge in [0.25, 0.3) is 0 Å². The molecule has 1 N–H and O–H groups in total. The molecule has 3 nitrogen and oxygen atoms in total. The lowest BCUT2D eigenvalue weighted by Gasteiger charge is -2.41. The Morgan fingerprint density at radius 1 is 1.56 bits per heavy atom. The Morgan fingerprint density at radius 2 is 2.44 bits per heavy atom. The van der Waals surface area contributed by atoms with E-state index in [0.29, 0.717) is 5.41 Å². The normalized spacial score (nSPS) is 18.8. The number of fused-ring (bicyclic) bond motifs is 1. The van der Waals surface area contributed by atoms with E-state index in [2.05, 4.69) is 32.5 Å². The van der Waals surface area contributed by atoms with Gasteiger partial charge in [0.05, 0.1) is 5.69 Å². The van der Waals surface area contributed by atoms with E-state index in [1.165, 1.54) is 25.0 Å². The summed E-state index contributed by atoms with van der Waals surface area (Å²) in [6, 6.07) is 0. The van der Waals surface area contributed by atoms with Crippen molar-refractivity contribution in [3.8, 4) is 0 Å². The first-order valence-corrected chi connectivity index (χ1v) is 6.75. The molecular weight excluding hydrogens is 218 g/mol. The molecule has 0 aromatic carbocycles. The molecule has 2 aromatic rings. The topological polar surface area (TPSA) is 29.3 Å². The number of imidazole rings is 1. The van der Waals surface area contributed by atoms with Gasteiger partial charge in [-0.05, 0) is 31.7 Å². The second-order valence-corrected chi connectivity index (χ2v) is 5.76. The highest BCUT2D eigenvalue weighted by Crippen LogP contribution is 2.43. The molecule has 1 fully saturated rings. The summed E-state index contributed by atoms with van der Waals surface area (Å²) in [5, 5.41) is 5.41. The summed E-state index contributed by atoms with van der Waals surface area (Å²) in [5.74, 6) is 0. The molecule has 0 amide bonds. The predicted molar refractivity (Wildman–Crippen MR) is 67.0 cm³/mol. The fourth-order valence-corrected chi connectivity index (χ4v) is 3.43. The zero-order valence-electron chi connectivity index (χ0n) is 9.57. The van der Waals surface area contributed by atoms with Gasteiger partial charge in [-0.3, -0.25) is 4.40 Å². The van der Waals surface area contributed by atoms with Crippen LogP contribution in [0.2, 0.25) is 0 Å². The number of thiazole rings is 1. The van der Waals surface area contributed by atoms with Crippen LogP contribution in [0.5, 0.6) is 0 Å². The van der Waals surface area contributed by atoms with Gasteiger partial charge in [-0.15, -0.1) is 11.3 Å². The first kappa shape index (κ1) is 10.3. The van der Waals surface area contributed by atoms with Crippen molar-refractivity contribution in [3.63, 3.8) is 0 Å².